The second-order valence-corrected chi connectivity index (χ2v) is 4.18. The number of aryl methyl sites for hydroxylation is 3. The highest BCUT2D eigenvalue weighted by Crippen LogP contribution is 2.21. The van der Waals surface area contributed by atoms with Crippen LogP contribution in [0, 0.1) is 13.8 Å². The molecule has 0 aliphatic heterocycles. The third kappa shape index (κ3) is 1.75. The summed E-state index contributed by atoms with van der Waals surface area (Å²) in [5, 5.41) is 0. The van der Waals surface area contributed by atoms with Gasteiger partial charge in [-0.15, -0.1) is 0 Å². The number of fused-ring (bicyclic) bond motifs is 1. The summed E-state index contributed by atoms with van der Waals surface area (Å²) < 4.78 is 2.23. The molecule has 0 atom stereocenters. The molecule has 2 heterocycles. The largest absolute Gasteiger partial charge is 0.382 e. The molecule has 0 unspecified atom stereocenters. The van der Waals surface area contributed by atoms with Crippen LogP contribution in [0.2, 0.25) is 0 Å². The van der Waals surface area contributed by atoms with Crippen molar-refractivity contribution in [3.8, 4) is 0 Å². The van der Waals surface area contributed by atoms with Gasteiger partial charge in [0, 0.05) is 12.2 Å². The second-order valence-electron chi connectivity index (χ2n) is 4.18. The van der Waals surface area contributed by atoms with E-state index in [1.165, 1.54) is 6.42 Å². The van der Waals surface area contributed by atoms with Gasteiger partial charge in [-0.3, -0.25) is 0 Å². The number of aromatic nitrogens is 3. The normalized spacial score (nSPS) is 11.2. The molecule has 2 N–H and O–H groups in total. The van der Waals surface area contributed by atoms with E-state index < -0.39 is 0 Å². The minimum absolute atomic E-state index is 0.536. The van der Waals surface area contributed by atoms with Gasteiger partial charge in [-0.05, 0) is 26.3 Å². The molecule has 16 heavy (non-hydrogen) atoms. The number of unbranched alkanes of at least 4 members (excludes halogenated alkanes) is 1. The fourth-order valence-corrected chi connectivity index (χ4v) is 1.99. The van der Waals surface area contributed by atoms with Crippen LogP contribution in [-0.4, -0.2) is 14.5 Å². The SMILES string of the molecule is CCCCn1c(C)nc2c(N)nc(C)cc21. The van der Waals surface area contributed by atoms with E-state index in [2.05, 4.69) is 27.5 Å². The summed E-state index contributed by atoms with van der Waals surface area (Å²) in [6.45, 7) is 7.17. The molecule has 0 saturated carbocycles. The van der Waals surface area contributed by atoms with Crippen LogP contribution in [0.3, 0.4) is 0 Å². The molecule has 4 heteroatoms. The molecule has 86 valence electrons. The van der Waals surface area contributed by atoms with Crippen molar-refractivity contribution in [3.05, 3.63) is 17.6 Å². The van der Waals surface area contributed by atoms with Crippen LogP contribution in [0.15, 0.2) is 6.07 Å². The average molecular weight is 218 g/mol. The first-order valence-corrected chi connectivity index (χ1v) is 5.73. The monoisotopic (exact) mass is 218 g/mol. The molecule has 0 radical (unpaired) electrons. The summed E-state index contributed by atoms with van der Waals surface area (Å²) in [6.07, 6.45) is 2.34. The molecule has 0 aromatic carbocycles. The van der Waals surface area contributed by atoms with Gasteiger partial charge in [0.05, 0.1) is 5.52 Å². The summed E-state index contributed by atoms with van der Waals surface area (Å²) in [6, 6.07) is 2.06. The lowest BCUT2D eigenvalue weighted by Gasteiger charge is -2.06. The number of imidazole rings is 1. The van der Waals surface area contributed by atoms with Crippen LogP contribution in [0.25, 0.3) is 11.0 Å². The lowest BCUT2D eigenvalue weighted by molar-refractivity contribution is 0.630. The number of nitrogens with zero attached hydrogens (tertiary/aromatic N) is 3. The Labute approximate surface area is 95.5 Å². The number of pyridine rings is 1. The number of nitrogen functional groups attached to an aromatic ring is 1. The maximum Gasteiger partial charge on any atom is 0.151 e. The van der Waals surface area contributed by atoms with Crippen molar-refractivity contribution >= 4 is 16.9 Å². The predicted octanol–water partition coefficient (Wildman–Crippen LogP) is 2.43. The van der Waals surface area contributed by atoms with E-state index in [0.717, 1.165) is 35.5 Å². The van der Waals surface area contributed by atoms with Crippen LogP contribution in [0.5, 0.6) is 0 Å². The lowest BCUT2D eigenvalue weighted by atomic mass is 10.3. The molecule has 2 aromatic rings. The van der Waals surface area contributed by atoms with Gasteiger partial charge in [-0.1, -0.05) is 13.3 Å². The number of hydrogen-bond acceptors (Lipinski definition) is 3. The summed E-state index contributed by atoms with van der Waals surface area (Å²) in [5.41, 5.74) is 8.77. The van der Waals surface area contributed by atoms with Gasteiger partial charge >= 0.3 is 0 Å². The Balaban J connectivity index is 2.59. The topological polar surface area (TPSA) is 56.7 Å². The molecule has 0 fully saturated rings. The Hall–Kier alpha value is -1.58. The van der Waals surface area contributed by atoms with Crippen LogP contribution in [0.4, 0.5) is 5.82 Å². The zero-order valence-electron chi connectivity index (χ0n) is 10.1. The molecule has 0 aliphatic carbocycles. The lowest BCUT2D eigenvalue weighted by Crippen LogP contribution is -2.01. The minimum Gasteiger partial charge on any atom is -0.382 e. The molecular weight excluding hydrogens is 200 g/mol. The maximum absolute atomic E-state index is 5.88. The molecule has 0 amide bonds. The fourth-order valence-electron chi connectivity index (χ4n) is 1.99. The molecular formula is C12H18N4. The van der Waals surface area contributed by atoms with Gasteiger partial charge in [-0.25, -0.2) is 9.97 Å². The zero-order valence-corrected chi connectivity index (χ0v) is 10.1. The third-order valence-corrected chi connectivity index (χ3v) is 2.82. The Morgan fingerprint density at radius 3 is 2.75 bits per heavy atom. The van der Waals surface area contributed by atoms with Crippen molar-refractivity contribution in [1.82, 2.24) is 14.5 Å². The smallest absolute Gasteiger partial charge is 0.151 e. The van der Waals surface area contributed by atoms with E-state index >= 15 is 0 Å². The van der Waals surface area contributed by atoms with Crippen molar-refractivity contribution in [2.45, 2.75) is 40.2 Å². The fraction of sp³-hybridized carbons (Fsp3) is 0.500. The van der Waals surface area contributed by atoms with Crippen molar-refractivity contribution in [3.63, 3.8) is 0 Å². The average Bonchev–Trinajstić information content (AvgIpc) is 2.53. The minimum atomic E-state index is 0.536. The van der Waals surface area contributed by atoms with Gasteiger partial charge in [0.2, 0.25) is 0 Å². The van der Waals surface area contributed by atoms with Gasteiger partial charge < -0.3 is 10.3 Å². The van der Waals surface area contributed by atoms with E-state index in [-0.39, 0.29) is 0 Å². The Bertz CT molecular complexity index is 513. The predicted molar refractivity (Wildman–Crippen MR) is 66.3 cm³/mol. The third-order valence-electron chi connectivity index (χ3n) is 2.82. The maximum atomic E-state index is 5.88. The van der Waals surface area contributed by atoms with Crippen LogP contribution in [-0.2, 0) is 6.54 Å². The highest BCUT2D eigenvalue weighted by Gasteiger charge is 2.10. The molecule has 2 rings (SSSR count). The van der Waals surface area contributed by atoms with Crippen LogP contribution in [0.1, 0.15) is 31.3 Å². The molecule has 2 aromatic heterocycles. The first kappa shape index (κ1) is 10.9. The molecule has 0 spiro atoms. The van der Waals surface area contributed by atoms with Crippen LogP contribution < -0.4 is 5.73 Å². The van der Waals surface area contributed by atoms with E-state index in [1.807, 2.05) is 13.8 Å². The van der Waals surface area contributed by atoms with E-state index in [4.69, 9.17) is 5.73 Å². The van der Waals surface area contributed by atoms with E-state index in [1.54, 1.807) is 0 Å². The standard InChI is InChI=1S/C12H18N4/c1-4-5-6-16-9(3)15-11-10(16)7-8(2)14-12(11)13/h7H,4-6H2,1-3H3,(H2,13,14). The van der Waals surface area contributed by atoms with Crippen molar-refractivity contribution in [2.75, 3.05) is 5.73 Å². The quantitative estimate of drug-likeness (QED) is 0.860. The number of rotatable bonds is 3. The summed E-state index contributed by atoms with van der Waals surface area (Å²) >= 11 is 0. The van der Waals surface area contributed by atoms with Crippen molar-refractivity contribution in [2.24, 2.45) is 0 Å². The van der Waals surface area contributed by atoms with Gasteiger partial charge in [-0.2, -0.15) is 0 Å². The van der Waals surface area contributed by atoms with Gasteiger partial charge in [0.1, 0.15) is 11.3 Å². The van der Waals surface area contributed by atoms with E-state index in [0.29, 0.717) is 5.82 Å². The second kappa shape index (κ2) is 4.12. The summed E-state index contributed by atoms with van der Waals surface area (Å²) in [4.78, 5) is 8.72. The van der Waals surface area contributed by atoms with Crippen LogP contribution >= 0.6 is 0 Å². The van der Waals surface area contributed by atoms with E-state index in [9.17, 15) is 0 Å². The zero-order chi connectivity index (χ0) is 11.7. The van der Waals surface area contributed by atoms with Crippen molar-refractivity contribution in [1.29, 1.82) is 0 Å². The summed E-state index contributed by atoms with van der Waals surface area (Å²) in [5.74, 6) is 1.55. The Kier molecular flexibility index (Phi) is 2.81. The number of anilines is 1. The first-order valence-electron chi connectivity index (χ1n) is 5.73. The molecule has 4 nitrogen and oxygen atoms in total. The highest BCUT2D eigenvalue weighted by molar-refractivity contribution is 5.85. The Morgan fingerprint density at radius 2 is 2.06 bits per heavy atom. The van der Waals surface area contributed by atoms with Crippen molar-refractivity contribution < 1.29 is 0 Å². The van der Waals surface area contributed by atoms with Gasteiger partial charge in [0.15, 0.2) is 5.82 Å². The first-order chi connectivity index (χ1) is 7.63. The molecule has 0 bridgehead atoms. The summed E-state index contributed by atoms with van der Waals surface area (Å²) in [7, 11) is 0. The highest BCUT2D eigenvalue weighted by atomic mass is 15.1. The number of hydrogen-bond donors (Lipinski definition) is 1. The molecule has 0 aliphatic rings. The molecule has 0 saturated heterocycles. The Morgan fingerprint density at radius 1 is 1.31 bits per heavy atom. The van der Waals surface area contributed by atoms with Gasteiger partial charge in [0.25, 0.3) is 0 Å². The number of nitrogens with two attached hydrogens (primary N) is 1.